The minimum Gasteiger partial charge on any atom is -0.435 e. The Kier molecular flexibility index (Phi) is 4.89. The van der Waals surface area contributed by atoms with Crippen molar-refractivity contribution in [3.8, 4) is 5.75 Å². The average molecular weight is 346 g/mol. The van der Waals surface area contributed by atoms with E-state index in [4.69, 9.17) is 0 Å². The number of nitrogens with one attached hydrogen (secondary N) is 1. The van der Waals surface area contributed by atoms with Crippen LogP contribution in [-0.4, -0.2) is 6.61 Å². The maximum Gasteiger partial charge on any atom is 0.387 e. The van der Waals surface area contributed by atoms with Gasteiger partial charge in [-0.3, -0.25) is 0 Å². The summed E-state index contributed by atoms with van der Waals surface area (Å²) in [4.78, 5) is 0. The Bertz CT molecular complexity index is 575. The highest BCUT2D eigenvalue weighted by molar-refractivity contribution is 9.10. The first-order valence-corrected chi connectivity index (χ1v) is 6.57. The molecule has 0 saturated heterocycles. The predicted octanol–water partition coefficient (Wildman–Crippen LogP) is 4.80. The second kappa shape index (κ2) is 6.65. The fourth-order valence-corrected chi connectivity index (χ4v) is 2.04. The fourth-order valence-electron chi connectivity index (χ4n) is 1.64. The van der Waals surface area contributed by atoms with Gasteiger partial charge in [0.25, 0.3) is 0 Å². The second-order valence-electron chi connectivity index (χ2n) is 3.97. The summed E-state index contributed by atoms with van der Waals surface area (Å²) in [5, 5.41) is 3.07. The van der Waals surface area contributed by atoms with E-state index in [1.807, 2.05) is 0 Å². The molecule has 0 saturated carbocycles. The zero-order chi connectivity index (χ0) is 14.5. The first-order chi connectivity index (χ1) is 9.56. The van der Waals surface area contributed by atoms with Crippen molar-refractivity contribution < 1.29 is 17.9 Å². The minimum atomic E-state index is -2.84. The Morgan fingerprint density at radius 1 is 1.10 bits per heavy atom. The molecule has 0 unspecified atom stereocenters. The van der Waals surface area contributed by atoms with Gasteiger partial charge in [0.15, 0.2) is 0 Å². The van der Waals surface area contributed by atoms with Crippen LogP contribution in [0.2, 0.25) is 0 Å². The van der Waals surface area contributed by atoms with Crippen LogP contribution in [0.5, 0.6) is 5.75 Å². The van der Waals surface area contributed by atoms with Crippen molar-refractivity contribution in [2.24, 2.45) is 0 Å². The Morgan fingerprint density at radius 2 is 1.80 bits per heavy atom. The monoisotopic (exact) mass is 345 g/mol. The molecule has 0 spiro atoms. The SMILES string of the molecule is Fc1cccc(CNc2ccc(OC(F)F)cc2)c1Br. The molecule has 0 radical (unpaired) electrons. The third-order valence-corrected chi connectivity index (χ3v) is 3.48. The molecule has 0 fully saturated rings. The zero-order valence-corrected chi connectivity index (χ0v) is 11.8. The molecular weight excluding hydrogens is 335 g/mol. The van der Waals surface area contributed by atoms with Crippen molar-refractivity contribution in [3.05, 3.63) is 58.3 Å². The second-order valence-corrected chi connectivity index (χ2v) is 4.76. The Balaban J connectivity index is 1.99. The van der Waals surface area contributed by atoms with E-state index in [9.17, 15) is 13.2 Å². The lowest BCUT2D eigenvalue weighted by molar-refractivity contribution is -0.0498. The summed E-state index contributed by atoms with van der Waals surface area (Å²) in [6, 6.07) is 10.9. The Labute approximate surface area is 122 Å². The van der Waals surface area contributed by atoms with E-state index in [0.717, 1.165) is 11.3 Å². The lowest BCUT2D eigenvalue weighted by atomic mass is 10.2. The number of hydrogen-bond donors (Lipinski definition) is 1. The van der Waals surface area contributed by atoms with Crippen LogP contribution < -0.4 is 10.1 Å². The number of rotatable bonds is 5. The van der Waals surface area contributed by atoms with Crippen molar-refractivity contribution in [2.45, 2.75) is 13.2 Å². The molecule has 6 heteroatoms. The van der Waals surface area contributed by atoms with Crippen molar-refractivity contribution >= 4 is 21.6 Å². The quantitative estimate of drug-likeness (QED) is 0.840. The van der Waals surface area contributed by atoms with Crippen molar-refractivity contribution in [3.63, 3.8) is 0 Å². The van der Waals surface area contributed by atoms with Gasteiger partial charge >= 0.3 is 6.61 Å². The van der Waals surface area contributed by atoms with E-state index in [1.165, 1.54) is 18.2 Å². The number of benzene rings is 2. The summed E-state index contributed by atoms with van der Waals surface area (Å²) in [7, 11) is 0. The number of hydrogen-bond acceptors (Lipinski definition) is 2. The summed E-state index contributed by atoms with van der Waals surface area (Å²) >= 11 is 3.17. The van der Waals surface area contributed by atoms with E-state index >= 15 is 0 Å². The first kappa shape index (κ1) is 14.7. The third-order valence-electron chi connectivity index (χ3n) is 2.59. The molecule has 2 aromatic carbocycles. The van der Waals surface area contributed by atoms with Gasteiger partial charge in [0.2, 0.25) is 0 Å². The van der Waals surface area contributed by atoms with E-state index in [-0.39, 0.29) is 11.6 Å². The number of alkyl halides is 2. The van der Waals surface area contributed by atoms with Gasteiger partial charge in [-0.25, -0.2) is 4.39 Å². The molecule has 0 aromatic heterocycles. The Hall–Kier alpha value is -1.69. The topological polar surface area (TPSA) is 21.3 Å². The van der Waals surface area contributed by atoms with Crippen LogP contribution in [0.1, 0.15) is 5.56 Å². The van der Waals surface area contributed by atoms with E-state index in [2.05, 4.69) is 26.0 Å². The van der Waals surface area contributed by atoms with Crippen LogP contribution in [-0.2, 0) is 6.54 Å². The van der Waals surface area contributed by atoms with Crippen LogP contribution >= 0.6 is 15.9 Å². The molecule has 0 aliphatic carbocycles. The summed E-state index contributed by atoms with van der Waals surface area (Å²) in [6.07, 6.45) is 0. The summed E-state index contributed by atoms with van der Waals surface area (Å²) in [6.45, 7) is -2.43. The number of halogens is 4. The molecular formula is C14H11BrF3NO. The van der Waals surface area contributed by atoms with Crippen LogP contribution in [0.15, 0.2) is 46.9 Å². The molecule has 106 valence electrons. The lowest BCUT2D eigenvalue weighted by Gasteiger charge is -2.10. The predicted molar refractivity (Wildman–Crippen MR) is 74.5 cm³/mol. The smallest absolute Gasteiger partial charge is 0.387 e. The average Bonchev–Trinajstić information content (AvgIpc) is 2.41. The highest BCUT2D eigenvalue weighted by Gasteiger charge is 2.06. The van der Waals surface area contributed by atoms with Crippen LogP contribution in [0.3, 0.4) is 0 Å². The van der Waals surface area contributed by atoms with Gasteiger partial charge in [-0.15, -0.1) is 0 Å². The molecule has 2 aromatic rings. The third kappa shape index (κ3) is 3.90. The van der Waals surface area contributed by atoms with E-state index in [1.54, 1.807) is 24.3 Å². The number of anilines is 1. The maximum absolute atomic E-state index is 13.3. The normalized spacial score (nSPS) is 10.7. The van der Waals surface area contributed by atoms with Crippen molar-refractivity contribution in [1.82, 2.24) is 0 Å². The molecule has 1 N–H and O–H groups in total. The summed E-state index contributed by atoms with van der Waals surface area (Å²) in [5.41, 5.74) is 1.49. The summed E-state index contributed by atoms with van der Waals surface area (Å²) < 4.78 is 42.0. The summed E-state index contributed by atoms with van der Waals surface area (Å²) in [5.74, 6) is -0.234. The molecule has 0 amide bonds. The largest absolute Gasteiger partial charge is 0.435 e. The number of ether oxygens (including phenoxy) is 1. The van der Waals surface area contributed by atoms with Gasteiger partial charge in [0.1, 0.15) is 11.6 Å². The Morgan fingerprint density at radius 3 is 2.45 bits per heavy atom. The molecule has 2 nitrogen and oxygen atoms in total. The van der Waals surface area contributed by atoms with Gasteiger partial charge in [-0.1, -0.05) is 12.1 Å². The van der Waals surface area contributed by atoms with Crippen molar-refractivity contribution in [2.75, 3.05) is 5.32 Å². The van der Waals surface area contributed by atoms with Gasteiger partial charge < -0.3 is 10.1 Å². The lowest BCUT2D eigenvalue weighted by Crippen LogP contribution is -2.03. The van der Waals surface area contributed by atoms with E-state index in [0.29, 0.717) is 11.0 Å². The molecule has 0 bridgehead atoms. The molecule has 20 heavy (non-hydrogen) atoms. The van der Waals surface area contributed by atoms with Crippen LogP contribution in [0.25, 0.3) is 0 Å². The fraction of sp³-hybridized carbons (Fsp3) is 0.143. The first-order valence-electron chi connectivity index (χ1n) is 5.78. The van der Waals surface area contributed by atoms with Gasteiger partial charge in [0.05, 0.1) is 4.47 Å². The zero-order valence-electron chi connectivity index (χ0n) is 10.2. The molecule has 0 aliphatic rings. The van der Waals surface area contributed by atoms with E-state index < -0.39 is 6.61 Å². The molecule has 2 rings (SSSR count). The highest BCUT2D eigenvalue weighted by atomic mass is 79.9. The molecule has 0 aliphatic heterocycles. The highest BCUT2D eigenvalue weighted by Crippen LogP contribution is 2.22. The molecule has 0 heterocycles. The van der Waals surface area contributed by atoms with Gasteiger partial charge in [0, 0.05) is 12.2 Å². The van der Waals surface area contributed by atoms with Gasteiger partial charge in [-0.05, 0) is 51.8 Å². The maximum atomic E-state index is 13.3. The minimum absolute atomic E-state index is 0.0949. The van der Waals surface area contributed by atoms with Gasteiger partial charge in [-0.2, -0.15) is 8.78 Å². The molecule has 0 atom stereocenters. The van der Waals surface area contributed by atoms with Crippen LogP contribution in [0, 0.1) is 5.82 Å². The standard InChI is InChI=1S/C14H11BrF3NO/c15-13-9(2-1-3-12(13)16)8-19-10-4-6-11(7-5-10)20-14(17)18/h1-7,14,19H,8H2. The van der Waals surface area contributed by atoms with Crippen LogP contribution in [0.4, 0.5) is 18.9 Å². The van der Waals surface area contributed by atoms with Crippen molar-refractivity contribution in [1.29, 1.82) is 0 Å².